The van der Waals surface area contributed by atoms with E-state index in [1.807, 2.05) is 68.6 Å². The van der Waals surface area contributed by atoms with Crippen molar-refractivity contribution in [1.29, 1.82) is 0 Å². The molecule has 0 aromatic heterocycles. The van der Waals surface area contributed by atoms with Gasteiger partial charge in [0.2, 0.25) is 5.91 Å². The lowest BCUT2D eigenvalue weighted by Crippen LogP contribution is -2.29. The van der Waals surface area contributed by atoms with Gasteiger partial charge in [0, 0.05) is 6.42 Å². The van der Waals surface area contributed by atoms with Gasteiger partial charge in [0.1, 0.15) is 5.75 Å². The summed E-state index contributed by atoms with van der Waals surface area (Å²) in [6.45, 7) is 3.45. The maximum Gasteiger partial charge on any atom is 0.220 e. The molecule has 1 unspecified atom stereocenters. The molecule has 0 fully saturated rings. The molecule has 24 heavy (non-hydrogen) atoms. The van der Waals surface area contributed by atoms with Crippen molar-refractivity contribution < 1.29 is 9.53 Å². The van der Waals surface area contributed by atoms with E-state index in [9.17, 15) is 4.79 Å². The molecular weight excluding hydrogens is 300 g/mol. The van der Waals surface area contributed by atoms with Crippen molar-refractivity contribution in [2.75, 3.05) is 20.2 Å². The molecule has 2 aromatic rings. The number of rotatable bonds is 9. The van der Waals surface area contributed by atoms with Crippen LogP contribution in [0, 0.1) is 0 Å². The highest BCUT2D eigenvalue weighted by Crippen LogP contribution is 2.24. The summed E-state index contributed by atoms with van der Waals surface area (Å²) in [6, 6.07) is 17.8. The van der Waals surface area contributed by atoms with Crippen LogP contribution in [-0.2, 0) is 4.79 Å². The normalized spacial score (nSPS) is 11.8. The monoisotopic (exact) mass is 326 g/mol. The predicted octanol–water partition coefficient (Wildman–Crippen LogP) is 3.29. The molecule has 128 valence electrons. The first kappa shape index (κ1) is 18.0. The van der Waals surface area contributed by atoms with E-state index < -0.39 is 0 Å². The fourth-order valence-corrected chi connectivity index (χ4v) is 2.59. The summed E-state index contributed by atoms with van der Waals surface area (Å²) in [7, 11) is 1.89. The zero-order chi connectivity index (χ0) is 17.2. The van der Waals surface area contributed by atoms with Gasteiger partial charge in [-0.25, -0.2) is 0 Å². The highest BCUT2D eigenvalue weighted by atomic mass is 16.5. The summed E-state index contributed by atoms with van der Waals surface area (Å²) in [5.41, 5.74) is 2.12. The number of carbonyl (C=O) groups excluding carboxylic acids is 1. The van der Waals surface area contributed by atoms with Crippen molar-refractivity contribution in [3.8, 4) is 5.75 Å². The fourth-order valence-electron chi connectivity index (χ4n) is 2.59. The zero-order valence-corrected chi connectivity index (χ0v) is 14.4. The summed E-state index contributed by atoms with van der Waals surface area (Å²) in [6.07, 6.45) is 1.34. The first-order chi connectivity index (χ1) is 11.7. The highest BCUT2D eigenvalue weighted by Gasteiger charge is 2.16. The minimum absolute atomic E-state index is 0.0630. The van der Waals surface area contributed by atoms with Crippen molar-refractivity contribution in [1.82, 2.24) is 10.6 Å². The number of amides is 1. The summed E-state index contributed by atoms with van der Waals surface area (Å²) < 4.78 is 5.50. The van der Waals surface area contributed by atoms with E-state index in [0.29, 0.717) is 13.0 Å². The largest absolute Gasteiger partial charge is 0.494 e. The molecule has 0 radical (unpaired) electrons. The molecule has 0 aliphatic rings. The molecular formula is C20H26N2O2. The first-order valence-corrected chi connectivity index (χ1v) is 8.46. The van der Waals surface area contributed by atoms with Gasteiger partial charge in [0.15, 0.2) is 0 Å². The average Bonchev–Trinajstić information content (AvgIpc) is 2.62. The molecule has 0 heterocycles. The Morgan fingerprint density at radius 3 is 2.33 bits per heavy atom. The van der Waals surface area contributed by atoms with Crippen LogP contribution in [0.15, 0.2) is 54.6 Å². The van der Waals surface area contributed by atoms with Crippen LogP contribution in [0.4, 0.5) is 0 Å². The summed E-state index contributed by atoms with van der Waals surface area (Å²) in [5, 5.41) is 6.22. The lowest BCUT2D eigenvalue weighted by Gasteiger charge is -2.20. The van der Waals surface area contributed by atoms with Gasteiger partial charge in [0.05, 0.1) is 12.6 Å². The second kappa shape index (κ2) is 9.73. The van der Waals surface area contributed by atoms with E-state index in [-0.39, 0.29) is 11.9 Å². The topological polar surface area (TPSA) is 50.4 Å². The molecule has 0 aliphatic heterocycles. The van der Waals surface area contributed by atoms with Crippen LogP contribution >= 0.6 is 0 Å². The Kier molecular flexibility index (Phi) is 7.30. The van der Waals surface area contributed by atoms with E-state index in [2.05, 4.69) is 10.6 Å². The summed E-state index contributed by atoms with van der Waals surface area (Å²) in [5.74, 6) is 0.904. The molecule has 1 atom stereocenters. The Hall–Kier alpha value is -2.33. The molecule has 4 heteroatoms. The lowest BCUT2D eigenvalue weighted by molar-refractivity contribution is -0.121. The number of hydrogen-bond donors (Lipinski definition) is 2. The van der Waals surface area contributed by atoms with Crippen LogP contribution in [0.2, 0.25) is 0 Å². The van der Waals surface area contributed by atoms with Crippen LogP contribution in [0.3, 0.4) is 0 Å². The van der Waals surface area contributed by atoms with E-state index in [1.54, 1.807) is 0 Å². The van der Waals surface area contributed by atoms with Gasteiger partial charge in [-0.05, 0) is 50.2 Å². The molecule has 0 bridgehead atoms. The molecule has 0 aliphatic carbocycles. The third-order valence-corrected chi connectivity index (χ3v) is 3.79. The molecule has 1 amide bonds. The lowest BCUT2D eigenvalue weighted by atomic mass is 9.98. The van der Waals surface area contributed by atoms with Gasteiger partial charge in [-0.2, -0.15) is 0 Å². The second-order valence-electron chi connectivity index (χ2n) is 5.62. The highest BCUT2D eigenvalue weighted by molar-refractivity contribution is 5.77. The SMILES string of the molecule is CCOc1ccc(C(NC(=O)CCCNC)c2ccccc2)cc1. The quantitative estimate of drug-likeness (QED) is 0.695. The third-order valence-electron chi connectivity index (χ3n) is 3.79. The van der Waals surface area contributed by atoms with Gasteiger partial charge in [-0.3, -0.25) is 4.79 Å². The molecule has 4 nitrogen and oxygen atoms in total. The molecule has 2 aromatic carbocycles. The van der Waals surface area contributed by atoms with Crippen LogP contribution in [-0.4, -0.2) is 26.1 Å². The first-order valence-electron chi connectivity index (χ1n) is 8.46. The van der Waals surface area contributed by atoms with Crippen molar-refractivity contribution in [3.05, 3.63) is 65.7 Å². The molecule has 0 spiro atoms. The van der Waals surface area contributed by atoms with E-state index in [1.165, 1.54) is 0 Å². The van der Waals surface area contributed by atoms with Gasteiger partial charge in [0.25, 0.3) is 0 Å². The molecule has 2 N–H and O–H groups in total. The average molecular weight is 326 g/mol. The minimum Gasteiger partial charge on any atom is -0.494 e. The number of carbonyl (C=O) groups is 1. The van der Waals surface area contributed by atoms with Crippen molar-refractivity contribution in [2.24, 2.45) is 0 Å². The van der Waals surface area contributed by atoms with Gasteiger partial charge < -0.3 is 15.4 Å². The maximum atomic E-state index is 12.3. The summed E-state index contributed by atoms with van der Waals surface area (Å²) in [4.78, 5) is 12.3. The van der Waals surface area contributed by atoms with Crippen LogP contribution in [0.5, 0.6) is 5.75 Å². The van der Waals surface area contributed by atoms with Gasteiger partial charge in [-0.1, -0.05) is 42.5 Å². The van der Waals surface area contributed by atoms with E-state index in [4.69, 9.17) is 4.74 Å². The Morgan fingerprint density at radius 1 is 1.04 bits per heavy atom. The minimum atomic E-state index is -0.149. The summed E-state index contributed by atoms with van der Waals surface area (Å²) >= 11 is 0. The number of benzene rings is 2. The third kappa shape index (κ3) is 5.39. The van der Waals surface area contributed by atoms with E-state index in [0.717, 1.165) is 29.8 Å². The Morgan fingerprint density at radius 2 is 1.71 bits per heavy atom. The standard InChI is InChI=1S/C20H26N2O2/c1-3-24-18-13-11-17(12-14-18)20(16-8-5-4-6-9-16)22-19(23)10-7-15-21-2/h4-6,8-9,11-14,20-21H,3,7,10,15H2,1-2H3,(H,22,23). The number of hydrogen-bond acceptors (Lipinski definition) is 3. The van der Waals surface area contributed by atoms with Crippen molar-refractivity contribution in [3.63, 3.8) is 0 Å². The van der Waals surface area contributed by atoms with Gasteiger partial charge >= 0.3 is 0 Å². The van der Waals surface area contributed by atoms with Crippen LogP contribution in [0.25, 0.3) is 0 Å². The predicted molar refractivity (Wildman–Crippen MR) is 97.2 cm³/mol. The van der Waals surface area contributed by atoms with Crippen molar-refractivity contribution in [2.45, 2.75) is 25.8 Å². The zero-order valence-electron chi connectivity index (χ0n) is 14.4. The van der Waals surface area contributed by atoms with Crippen LogP contribution in [0.1, 0.15) is 36.9 Å². The molecule has 0 saturated carbocycles. The van der Waals surface area contributed by atoms with Crippen molar-refractivity contribution >= 4 is 5.91 Å². The Labute approximate surface area is 144 Å². The maximum absolute atomic E-state index is 12.3. The molecule has 2 rings (SSSR count). The smallest absolute Gasteiger partial charge is 0.220 e. The Balaban J connectivity index is 2.15. The number of nitrogens with one attached hydrogen (secondary N) is 2. The van der Waals surface area contributed by atoms with Crippen LogP contribution < -0.4 is 15.4 Å². The molecule has 0 saturated heterocycles. The van der Waals surface area contributed by atoms with Gasteiger partial charge in [-0.15, -0.1) is 0 Å². The number of ether oxygens (including phenoxy) is 1. The van der Waals surface area contributed by atoms with E-state index >= 15 is 0 Å². The fraction of sp³-hybridized carbons (Fsp3) is 0.350. The Bertz CT molecular complexity index is 611. The second-order valence-corrected chi connectivity index (χ2v) is 5.62.